The van der Waals surface area contributed by atoms with Crippen LogP contribution < -0.4 is 4.74 Å². The zero-order valence-corrected chi connectivity index (χ0v) is 22.6. The van der Waals surface area contributed by atoms with Crippen molar-refractivity contribution in [1.82, 2.24) is 4.90 Å². The smallest absolute Gasteiger partial charge is 0.267 e. The van der Waals surface area contributed by atoms with Gasteiger partial charge in [0.2, 0.25) is 0 Å². The summed E-state index contributed by atoms with van der Waals surface area (Å²) < 4.78 is 6.15. The first-order valence-electron chi connectivity index (χ1n) is 12.4. The molecule has 1 heterocycles. The molecular formula is C32H27ClN2O2S. The summed E-state index contributed by atoms with van der Waals surface area (Å²) in [5.41, 5.74) is 5.16. The van der Waals surface area contributed by atoms with Crippen molar-refractivity contribution in [2.75, 3.05) is 0 Å². The molecule has 4 nitrogen and oxygen atoms in total. The monoisotopic (exact) mass is 538 g/mol. The van der Waals surface area contributed by atoms with Gasteiger partial charge in [-0.05, 0) is 59.7 Å². The molecule has 1 saturated heterocycles. The van der Waals surface area contributed by atoms with E-state index in [2.05, 4.69) is 31.2 Å². The van der Waals surface area contributed by atoms with E-state index in [1.807, 2.05) is 78.9 Å². The first-order valence-corrected chi connectivity index (χ1v) is 13.6. The zero-order valence-electron chi connectivity index (χ0n) is 21.0. The van der Waals surface area contributed by atoms with Crippen LogP contribution in [0, 0.1) is 6.92 Å². The predicted molar refractivity (Wildman–Crippen MR) is 157 cm³/mol. The van der Waals surface area contributed by atoms with Crippen molar-refractivity contribution in [1.29, 1.82) is 0 Å². The number of rotatable bonds is 8. The fraction of sp³-hybridized carbons (Fsp3) is 0.125. The average molecular weight is 539 g/mol. The van der Waals surface area contributed by atoms with Crippen molar-refractivity contribution in [3.05, 3.63) is 141 Å². The van der Waals surface area contributed by atoms with Gasteiger partial charge >= 0.3 is 0 Å². The highest BCUT2D eigenvalue weighted by Gasteiger charge is 2.33. The Kier molecular flexibility index (Phi) is 8.27. The molecule has 190 valence electrons. The topological polar surface area (TPSA) is 41.9 Å². The Hall–Kier alpha value is -3.80. The number of carbonyl (C=O) groups excluding carboxylic acids is 1. The van der Waals surface area contributed by atoms with Crippen molar-refractivity contribution in [3.8, 4) is 5.75 Å². The summed E-state index contributed by atoms with van der Waals surface area (Å²) in [6, 6.07) is 33.7. The Morgan fingerprint density at radius 1 is 0.868 bits per heavy atom. The Morgan fingerprint density at radius 2 is 1.55 bits per heavy atom. The lowest BCUT2D eigenvalue weighted by Gasteiger charge is -2.15. The molecule has 1 aliphatic rings. The minimum absolute atomic E-state index is 0.0878. The molecule has 0 N–H and O–H groups in total. The minimum atomic E-state index is -0.0878. The quantitative estimate of drug-likeness (QED) is 0.214. The van der Waals surface area contributed by atoms with Crippen molar-refractivity contribution >= 4 is 40.5 Å². The van der Waals surface area contributed by atoms with E-state index >= 15 is 0 Å². The molecule has 1 fully saturated rings. The number of amidine groups is 1. The number of ether oxygens (including phenoxy) is 1. The van der Waals surface area contributed by atoms with Gasteiger partial charge in [0.1, 0.15) is 12.4 Å². The Morgan fingerprint density at radius 3 is 2.26 bits per heavy atom. The van der Waals surface area contributed by atoms with E-state index in [1.54, 1.807) is 11.0 Å². The van der Waals surface area contributed by atoms with E-state index < -0.39 is 0 Å². The molecule has 1 aliphatic heterocycles. The van der Waals surface area contributed by atoms with Crippen LogP contribution in [0.1, 0.15) is 27.8 Å². The fourth-order valence-corrected chi connectivity index (χ4v) is 5.17. The van der Waals surface area contributed by atoms with E-state index in [9.17, 15) is 4.79 Å². The summed E-state index contributed by atoms with van der Waals surface area (Å²) >= 11 is 7.72. The SMILES string of the molecule is Cc1ccc(COc2ccc(Cl)cc2/C=C2/SC(=NCc3ccccc3)N(Cc3ccccc3)C2=O)cc1. The van der Waals surface area contributed by atoms with Crippen molar-refractivity contribution < 1.29 is 9.53 Å². The van der Waals surface area contributed by atoms with Gasteiger partial charge in [-0.2, -0.15) is 0 Å². The molecule has 0 saturated carbocycles. The molecule has 1 amide bonds. The Bertz CT molecular complexity index is 1470. The van der Waals surface area contributed by atoms with Crippen LogP contribution in [0.15, 0.2) is 113 Å². The van der Waals surface area contributed by atoms with Gasteiger partial charge in [-0.25, -0.2) is 0 Å². The molecule has 0 atom stereocenters. The van der Waals surface area contributed by atoms with Crippen LogP contribution in [0.25, 0.3) is 6.08 Å². The predicted octanol–water partition coefficient (Wildman–Crippen LogP) is 7.90. The highest BCUT2D eigenvalue weighted by atomic mass is 35.5. The van der Waals surface area contributed by atoms with Crippen LogP contribution in [0.4, 0.5) is 0 Å². The summed E-state index contributed by atoms with van der Waals surface area (Å²) in [5.74, 6) is 0.579. The number of nitrogens with zero attached hydrogens (tertiary/aromatic N) is 2. The van der Waals surface area contributed by atoms with Crippen molar-refractivity contribution in [2.24, 2.45) is 4.99 Å². The van der Waals surface area contributed by atoms with E-state index in [0.29, 0.717) is 40.5 Å². The van der Waals surface area contributed by atoms with Gasteiger partial charge in [-0.1, -0.05) is 102 Å². The van der Waals surface area contributed by atoms with Gasteiger partial charge in [0.15, 0.2) is 5.17 Å². The van der Waals surface area contributed by atoms with Crippen molar-refractivity contribution in [3.63, 3.8) is 0 Å². The second kappa shape index (κ2) is 12.2. The molecule has 0 aromatic heterocycles. The van der Waals surface area contributed by atoms with Gasteiger partial charge < -0.3 is 4.74 Å². The Labute approximate surface area is 232 Å². The summed E-state index contributed by atoms with van der Waals surface area (Å²) in [4.78, 5) is 20.8. The molecule has 0 spiro atoms. The summed E-state index contributed by atoms with van der Waals surface area (Å²) in [6.45, 7) is 3.42. The molecule has 4 aromatic carbocycles. The number of aryl methyl sites for hydroxylation is 1. The van der Waals surface area contributed by atoms with Crippen LogP contribution in [0.2, 0.25) is 5.02 Å². The number of halogens is 1. The lowest BCUT2D eigenvalue weighted by molar-refractivity contribution is -0.122. The van der Waals surface area contributed by atoms with E-state index in [4.69, 9.17) is 21.3 Å². The van der Waals surface area contributed by atoms with Gasteiger partial charge in [-0.15, -0.1) is 0 Å². The standard InChI is InChI=1S/C32H27ClN2O2S/c1-23-12-14-26(15-13-23)22-37-29-17-16-28(33)18-27(29)19-30-31(36)35(21-25-10-6-3-7-11-25)32(38-30)34-20-24-8-4-2-5-9-24/h2-19H,20-22H2,1H3/b30-19+,34-32?. The maximum Gasteiger partial charge on any atom is 0.267 e. The lowest BCUT2D eigenvalue weighted by atomic mass is 10.1. The fourth-order valence-electron chi connectivity index (χ4n) is 4.02. The second-order valence-corrected chi connectivity index (χ2v) is 10.5. The van der Waals surface area contributed by atoms with Crippen LogP contribution in [-0.2, 0) is 24.5 Å². The molecule has 38 heavy (non-hydrogen) atoms. The normalized spacial score (nSPS) is 15.4. The Balaban J connectivity index is 1.43. The molecule has 0 radical (unpaired) electrons. The van der Waals surface area contributed by atoms with Crippen LogP contribution >= 0.6 is 23.4 Å². The average Bonchev–Trinajstić information content (AvgIpc) is 3.22. The summed E-state index contributed by atoms with van der Waals surface area (Å²) in [6.07, 6.45) is 1.85. The van der Waals surface area contributed by atoms with Gasteiger partial charge in [-0.3, -0.25) is 14.7 Å². The highest BCUT2D eigenvalue weighted by molar-refractivity contribution is 8.18. The third-order valence-electron chi connectivity index (χ3n) is 6.08. The molecule has 6 heteroatoms. The maximum atomic E-state index is 13.6. The minimum Gasteiger partial charge on any atom is -0.488 e. The number of amides is 1. The van der Waals surface area contributed by atoms with E-state index in [-0.39, 0.29) is 5.91 Å². The molecular weight excluding hydrogens is 512 g/mol. The molecule has 0 bridgehead atoms. The van der Waals surface area contributed by atoms with Gasteiger partial charge in [0, 0.05) is 10.6 Å². The number of hydrogen-bond acceptors (Lipinski definition) is 4. The third kappa shape index (κ3) is 6.55. The van der Waals surface area contributed by atoms with Crippen LogP contribution in [-0.4, -0.2) is 16.0 Å². The van der Waals surface area contributed by atoms with E-state index in [0.717, 1.165) is 22.3 Å². The largest absolute Gasteiger partial charge is 0.488 e. The molecule has 5 rings (SSSR count). The molecule has 4 aromatic rings. The van der Waals surface area contributed by atoms with Gasteiger partial charge in [0.25, 0.3) is 5.91 Å². The maximum absolute atomic E-state index is 13.6. The number of benzene rings is 4. The second-order valence-electron chi connectivity index (χ2n) is 9.03. The zero-order chi connectivity index (χ0) is 26.3. The number of hydrogen-bond donors (Lipinski definition) is 0. The van der Waals surface area contributed by atoms with Gasteiger partial charge in [0.05, 0.1) is 18.0 Å². The van der Waals surface area contributed by atoms with Crippen LogP contribution in [0.3, 0.4) is 0 Å². The van der Waals surface area contributed by atoms with Crippen molar-refractivity contribution in [2.45, 2.75) is 26.6 Å². The number of aliphatic imine (C=N–C) groups is 1. The lowest BCUT2D eigenvalue weighted by Crippen LogP contribution is -2.28. The third-order valence-corrected chi connectivity index (χ3v) is 7.36. The first-order chi connectivity index (χ1) is 18.5. The molecule has 0 unspecified atom stereocenters. The first kappa shape index (κ1) is 25.8. The molecule has 0 aliphatic carbocycles. The number of thioether (sulfide) groups is 1. The summed E-state index contributed by atoms with van der Waals surface area (Å²) in [7, 11) is 0. The van der Waals surface area contributed by atoms with E-state index in [1.165, 1.54) is 17.3 Å². The summed E-state index contributed by atoms with van der Waals surface area (Å²) in [5, 5.41) is 1.26. The number of carbonyl (C=O) groups is 1. The van der Waals surface area contributed by atoms with Crippen LogP contribution in [0.5, 0.6) is 5.75 Å². The highest BCUT2D eigenvalue weighted by Crippen LogP contribution is 2.36.